The minimum atomic E-state index is -0.255. The summed E-state index contributed by atoms with van der Waals surface area (Å²) in [7, 11) is 0. The Morgan fingerprint density at radius 2 is 2.09 bits per heavy atom. The molecule has 2 aromatic heterocycles. The summed E-state index contributed by atoms with van der Waals surface area (Å²) in [6.45, 7) is 6.16. The number of morpholine rings is 1. The molecule has 0 radical (unpaired) electrons. The maximum Gasteiger partial charge on any atom is 0.287 e. The number of carbonyl (C=O) groups is 1. The van der Waals surface area contributed by atoms with Gasteiger partial charge in [-0.2, -0.15) is 15.1 Å². The first-order chi connectivity index (χ1) is 15.7. The van der Waals surface area contributed by atoms with E-state index >= 15 is 0 Å². The van der Waals surface area contributed by atoms with Gasteiger partial charge < -0.3 is 24.7 Å². The molecule has 1 amide bonds. The van der Waals surface area contributed by atoms with Gasteiger partial charge in [0, 0.05) is 32.2 Å². The molecule has 3 N–H and O–H groups in total. The Hall–Kier alpha value is -3.50. The number of ether oxygens (including phenoxy) is 1. The van der Waals surface area contributed by atoms with Gasteiger partial charge in [-0.25, -0.2) is 5.43 Å². The second-order valence-corrected chi connectivity index (χ2v) is 7.91. The molecule has 0 saturated carbocycles. The number of aryl methyl sites for hydroxylation is 1. The van der Waals surface area contributed by atoms with Gasteiger partial charge in [0.25, 0.3) is 5.91 Å². The monoisotopic (exact) mass is 435 g/mol. The molecular formula is C22H25N7O3. The van der Waals surface area contributed by atoms with Crippen LogP contribution >= 0.6 is 0 Å². The van der Waals surface area contributed by atoms with Crippen molar-refractivity contribution in [3.8, 4) is 0 Å². The summed E-state index contributed by atoms with van der Waals surface area (Å²) >= 11 is 0. The molecule has 0 aliphatic carbocycles. The zero-order chi connectivity index (χ0) is 21.9. The second kappa shape index (κ2) is 8.93. The van der Waals surface area contributed by atoms with E-state index in [2.05, 4.69) is 36.0 Å². The lowest BCUT2D eigenvalue weighted by molar-refractivity contribution is 0.0897. The number of nitrogens with zero attached hydrogens (tertiary/aromatic N) is 4. The Labute approximate surface area is 185 Å². The highest BCUT2D eigenvalue weighted by molar-refractivity contribution is 5.98. The van der Waals surface area contributed by atoms with E-state index in [4.69, 9.17) is 9.15 Å². The van der Waals surface area contributed by atoms with Crippen molar-refractivity contribution in [2.24, 2.45) is 5.10 Å². The predicted octanol–water partition coefficient (Wildman–Crippen LogP) is 1.52. The molecule has 5 rings (SSSR count). The SMILES string of the molecule is Cc1cccc(/C=N/Nc2nc(N3CCOCC3)c3cc(C(=O)NC4CNC4)oc3n2)c1. The molecule has 10 nitrogen and oxygen atoms in total. The molecule has 166 valence electrons. The fourth-order valence-corrected chi connectivity index (χ4v) is 3.65. The summed E-state index contributed by atoms with van der Waals surface area (Å²) < 4.78 is 11.3. The van der Waals surface area contributed by atoms with E-state index < -0.39 is 0 Å². The highest BCUT2D eigenvalue weighted by Crippen LogP contribution is 2.29. The molecule has 2 aliphatic heterocycles. The van der Waals surface area contributed by atoms with Gasteiger partial charge in [-0.05, 0) is 12.5 Å². The van der Waals surface area contributed by atoms with Crippen molar-refractivity contribution in [1.29, 1.82) is 0 Å². The quantitative estimate of drug-likeness (QED) is 0.394. The predicted molar refractivity (Wildman–Crippen MR) is 121 cm³/mol. The first kappa shape index (κ1) is 20.4. The Balaban J connectivity index is 1.43. The van der Waals surface area contributed by atoms with Gasteiger partial charge in [0.1, 0.15) is 5.82 Å². The summed E-state index contributed by atoms with van der Waals surface area (Å²) in [5, 5.41) is 11.0. The Bertz CT molecular complexity index is 1150. The Morgan fingerprint density at radius 3 is 2.84 bits per heavy atom. The van der Waals surface area contributed by atoms with Gasteiger partial charge in [-0.1, -0.05) is 29.8 Å². The van der Waals surface area contributed by atoms with Crippen molar-refractivity contribution in [3.63, 3.8) is 0 Å². The van der Waals surface area contributed by atoms with Gasteiger partial charge >= 0.3 is 0 Å². The summed E-state index contributed by atoms with van der Waals surface area (Å²) in [5.74, 6) is 0.956. The van der Waals surface area contributed by atoms with E-state index in [0.717, 1.165) is 24.2 Å². The molecule has 4 heterocycles. The maximum atomic E-state index is 12.6. The zero-order valence-corrected chi connectivity index (χ0v) is 17.8. The van der Waals surface area contributed by atoms with E-state index in [1.165, 1.54) is 0 Å². The Morgan fingerprint density at radius 1 is 1.25 bits per heavy atom. The normalized spacial score (nSPS) is 17.0. The molecule has 2 aliphatic rings. The van der Waals surface area contributed by atoms with Crippen LogP contribution in [0.3, 0.4) is 0 Å². The van der Waals surface area contributed by atoms with Crippen molar-refractivity contribution < 1.29 is 13.9 Å². The Kier molecular flexibility index (Phi) is 5.70. The van der Waals surface area contributed by atoms with E-state index in [9.17, 15) is 4.79 Å². The molecule has 0 atom stereocenters. The van der Waals surface area contributed by atoms with Crippen LogP contribution in [0, 0.1) is 6.92 Å². The van der Waals surface area contributed by atoms with Crippen LogP contribution < -0.4 is 21.0 Å². The van der Waals surface area contributed by atoms with Crippen LogP contribution in [-0.2, 0) is 4.74 Å². The number of amides is 1. The molecule has 32 heavy (non-hydrogen) atoms. The van der Waals surface area contributed by atoms with Crippen LogP contribution in [0.5, 0.6) is 0 Å². The number of nitrogens with one attached hydrogen (secondary N) is 3. The van der Waals surface area contributed by atoms with Gasteiger partial charge in [0.15, 0.2) is 5.76 Å². The first-order valence-corrected chi connectivity index (χ1v) is 10.7. The van der Waals surface area contributed by atoms with Crippen LogP contribution in [0.4, 0.5) is 11.8 Å². The number of furan rings is 1. The lowest BCUT2D eigenvalue weighted by Crippen LogP contribution is -2.56. The van der Waals surface area contributed by atoms with Crippen molar-refractivity contribution in [3.05, 3.63) is 47.2 Å². The fourth-order valence-electron chi connectivity index (χ4n) is 3.65. The highest BCUT2D eigenvalue weighted by Gasteiger charge is 2.25. The molecule has 2 fully saturated rings. The number of anilines is 2. The standard InChI is InChI=1S/C22H25N7O3/c1-14-3-2-4-15(9-14)11-24-28-22-26-19(29-5-7-31-8-6-29)17-10-18(32-21(17)27-22)20(30)25-16-12-23-13-16/h2-4,9-11,16,23H,5-8,12-13H2,1H3,(H,25,30)(H,26,27,28)/b24-11+. The molecule has 1 aromatic carbocycles. The van der Waals surface area contributed by atoms with Crippen molar-refractivity contribution in [2.75, 3.05) is 49.7 Å². The van der Waals surface area contributed by atoms with E-state index in [-0.39, 0.29) is 17.7 Å². The molecule has 2 saturated heterocycles. The fraction of sp³-hybridized carbons (Fsp3) is 0.364. The minimum absolute atomic E-state index is 0.119. The number of fused-ring (bicyclic) bond motifs is 1. The number of rotatable bonds is 6. The molecule has 0 spiro atoms. The average molecular weight is 435 g/mol. The second-order valence-electron chi connectivity index (χ2n) is 7.91. The number of benzene rings is 1. The van der Waals surface area contributed by atoms with E-state index in [1.54, 1.807) is 12.3 Å². The summed E-state index contributed by atoms with van der Waals surface area (Å²) in [6.07, 6.45) is 1.71. The van der Waals surface area contributed by atoms with Gasteiger partial charge in [-0.15, -0.1) is 0 Å². The van der Waals surface area contributed by atoms with Gasteiger partial charge in [0.2, 0.25) is 11.7 Å². The number of hydrogen-bond donors (Lipinski definition) is 3. The summed E-state index contributed by atoms with van der Waals surface area (Å²) in [6, 6.07) is 9.84. The van der Waals surface area contributed by atoms with Crippen LogP contribution in [0.25, 0.3) is 11.1 Å². The first-order valence-electron chi connectivity index (χ1n) is 10.7. The number of aromatic nitrogens is 2. The van der Waals surface area contributed by atoms with Gasteiger partial charge in [0.05, 0.1) is 30.9 Å². The third-order valence-corrected chi connectivity index (χ3v) is 5.44. The molecule has 10 heteroatoms. The van der Waals surface area contributed by atoms with Gasteiger partial charge in [-0.3, -0.25) is 4.79 Å². The van der Waals surface area contributed by atoms with Crippen molar-refractivity contribution >= 4 is 35.0 Å². The maximum absolute atomic E-state index is 12.6. The number of hydrogen-bond acceptors (Lipinski definition) is 9. The summed E-state index contributed by atoms with van der Waals surface area (Å²) in [4.78, 5) is 23.8. The number of carbonyl (C=O) groups excluding carboxylic acids is 1. The lowest BCUT2D eigenvalue weighted by atomic mass is 10.2. The molecule has 3 aromatic rings. The lowest BCUT2D eigenvalue weighted by Gasteiger charge is -2.28. The molecule has 0 bridgehead atoms. The van der Waals surface area contributed by atoms with Crippen molar-refractivity contribution in [2.45, 2.75) is 13.0 Å². The van der Waals surface area contributed by atoms with Crippen LogP contribution in [0.1, 0.15) is 21.7 Å². The van der Waals surface area contributed by atoms with Crippen LogP contribution in [-0.4, -0.2) is 67.5 Å². The molecule has 0 unspecified atom stereocenters. The largest absolute Gasteiger partial charge is 0.432 e. The van der Waals surface area contributed by atoms with E-state index in [1.807, 2.05) is 31.2 Å². The number of hydrazone groups is 1. The van der Waals surface area contributed by atoms with Crippen LogP contribution in [0.2, 0.25) is 0 Å². The zero-order valence-electron chi connectivity index (χ0n) is 17.8. The third-order valence-electron chi connectivity index (χ3n) is 5.44. The molecular weight excluding hydrogens is 410 g/mol. The topological polar surface area (TPSA) is 117 Å². The third kappa shape index (κ3) is 4.41. The smallest absolute Gasteiger partial charge is 0.287 e. The van der Waals surface area contributed by atoms with Crippen LogP contribution in [0.15, 0.2) is 39.9 Å². The minimum Gasteiger partial charge on any atom is -0.432 e. The average Bonchev–Trinajstić information content (AvgIpc) is 3.21. The van der Waals surface area contributed by atoms with Crippen molar-refractivity contribution in [1.82, 2.24) is 20.6 Å². The van der Waals surface area contributed by atoms with E-state index in [0.29, 0.717) is 49.2 Å². The highest BCUT2D eigenvalue weighted by atomic mass is 16.5. The summed E-state index contributed by atoms with van der Waals surface area (Å²) in [5.41, 5.74) is 5.35.